The SMILES string of the molecule is O=C(O)C=Cc1ccc(C(=O)NCC2CCC(=O)N2)nc1. The van der Waals surface area contributed by atoms with Gasteiger partial charge in [0.2, 0.25) is 5.91 Å². The van der Waals surface area contributed by atoms with Crippen molar-refractivity contribution in [3.05, 3.63) is 35.7 Å². The van der Waals surface area contributed by atoms with Gasteiger partial charge in [-0.2, -0.15) is 0 Å². The Kier molecular flexibility index (Phi) is 4.65. The molecule has 0 spiro atoms. The van der Waals surface area contributed by atoms with Crippen molar-refractivity contribution in [2.75, 3.05) is 6.54 Å². The zero-order valence-corrected chi connectivity index (χ0v) is 11.2. The standard InChI is InChI=1S/C14H15N3O4/c18-12-5-3-10(17-12)8-16-14(21)11-4-1-9(7-15-11)2-6-13(19)20/h1-2,4,6-7,10H,3,5,8H2,(H,16,21)(H,17,18)(H,19,20). The molecule has 7 heteroatoms. The van der Waals surface area contributed by atoms with Crippen molar-refractivity contribution in [3.63, 3.8) is 0 Å². The van der Waals surface area contributed by atoms with Gasteiger partial charge < -0.3 is 15.7 Å². The summed E-state index contributed by atoms with van der Waals surface area (Å²) in [5, 5.41) is 14.0. The van der Waals surface area contributed by atoms with E-state index in [1.807, 2.05) is 0 Å². The predicted molar refractivity (Wildman–Crippen MR) is 74.4 cm³/mol. The third-order valence-electron chi connectivity index (χ3n) is 3.03. The molecule has 2 heterocycles. The summed E-state index contributed by atoms with van der Waals surface area (Å²) in [6, 6.07) is 3.10. The van der Waals surface area contributed by atoms with E-state index in [4.69, 9.17) is 5.11 Å². The number of nitrogens with one attached hydrogen (secondary N) is 2. The largest absolute Gasteiger partial charge is 0.478 e. The second-order valence-corrected chi connectivity index (χ2v) is 4.66. The Balaban J connectivity index is 1.87. The quantitative estimate of drug-likeness (QED) is 0.670. The van der Waals surface area contributed by atoms with Gasteiger partial charge in [0.1, 0.15) is 5.69 Å². The molecule has 2 rings (SSSR count). The van der Waals surface area contributed by atoms with E-state index < -0.39 is 5.97 Å². The number of carboxylic acids is 1. The molecule has 0 aliphatic carbocycles. The highest BCUT2D eigenvalue weighted by Gasteiger charge is 2.21. The lowest BCUT2D eigenvalue weighted by Gasteiger charge is -2.10. The molecule has 7 nitrogen and oxygen atoms in total. The van der Waals surface area contributed by atoms with Gasteiger partial charge in [0.15, 0.2) is 0 Å². The average molecular weight is 289 g/mol. The lowest BCUT2D eigenvalue weighted by Crippen LogP contribution is -2.38. The molecule has 1 aliphatic rings. The Labute approximate surface area is 121 Å². The van der Waals surface area contributed by atoms with Crippen molar-refractivity contribution in [1.82, 2.24) is 15.6 Å². The van der Waals surface area contributed by atoms with Gasteiger partial charge in [-0.05, 0) is 24.1 Å². The van der Waals surface area contributed by atoms with Gasteiger partial charge >= 0.3 is 5.97 Å². The molecule has 2 amide bonds. The Morgan fingerprint density at radius 3 is 2.86 bits per heavy atom. The second-order valence-electron chi connectivity index (χ2n) is 4.66. The number of carboxylic acid groups (broad SMARTS) is 1. The first kappa shape index (κ1) is 14.7. The van der Waals surface area contributed by atoms with Gasteiger partial charge in [0.05, 0.1) is 0 Å². The van der Waals surface area contributed by atoms with Crippen LogP contribution in [0.2, 0.25) is 0 Å². The summed E-state index contributed by atoms with van der Waals surface area (Å²) in [6.45, 7) is 0.368. The molecule has 1 atom stereocenters. The number of rotatable bonds is 5. The fourth-order valence-corrected chi connectivity index (χ4v) is 1.94. The lowest BCUT2D eigenvalue weighted by molar-refractivity contribution is -0.131. The van der Waals surface area contributed by atoms with E-state index in [9.17, 15) is 14.4 Å². The third-order valence-corrected chi connectivity index (χ3v) is 3.03. The van der Waals surface area contributed by atoms with Crippen molar-refractivity contribution < 1.29 is 19.5 Å². The van der Waals surface area contributed by atoms with Crippen LogP contribution >= 0.6 is 0 Å². The summed E-state index contributed by atoms with van der Waals surface area (Å²) in [5.41, 5.74) is 0.837. The van der Waals surface area contributed by atoms with Crippen LogP contribution in [0.4, 0.5) is 0 Å². The third kappa shape index (κ3) is 4.41. The second kappa shape index (κ2) is 6.65. The van der Waals surface area contributed by atoms with Gasteiger partial charge in [0, 0.05) is 31.3 Å². The molecule has 0 saturated carbocycles. The number of pyridine rings is 1. The molecule has 3 N–H and O–H groups in total. The number of aromatic nitrogens is 1. The number of hydrogen-bond donors (Lipinski definition) is 3. The van der Waals surface area contributed by atoms with Crippen molar-refractivity contribution in [3.8, 4) is 0 Å². The minimum Gasteiger partial charge on any atom is -0.478 e. The number of carbonyl (C=O) groups is 3. The smallest absolute Gasteiger partial charge is 0.328 e. The fourth-order valence-electron chi connectivity index (χ4n) is 1.94. The van der Waals surface area contributed by atoms with Crippen LogP contribution in [-0.4, -0.2) is 40.5 Å². The number of nitrogens with zero attached hydrogens (tertiary/aromatic N) is 1. The highest BCUT2D eigenvalue weighted by Crippen LogP contribution is 2.06. The monoisotopic (exact) mass is 289 g/mol. The van der Waals surface area contributed by atoms with Crippen molar-refractivity contribution >= 4 is 23.9 Å². The van der Waals surface area contributed by atoms with Gasteiger partial charge in [-0.15, -0.1) is 0 Å². The molecule has 110 valence electrons. The van der Waals surface area contributed by atoms with Gasteiger partial charge in [-0.3, -0.25) is 14.6 Å². The van der Waals surface area contributed by atoms with Crippen molar-refractivity contribution in [2.45, 2.75) is 18.9 Å². The molecule has 1 aromatic rings. The number of aliphatic carboxylic acids is 1. The van der Waals surface area contributed by atoms with E-state index >= 15 is 0 Å². The summed E-state index contributed by atoms with van der Waals surface area (Å²) in [7, 11) is 0. The Morgan fingerprint density at radius 1 is 1.48 bits per heavy atom. The molecular weight excluding hydrogens is 274 g/mol. The Bertz CT molecular complexity index is 580. The maximum absolute atomic E-state index is 11.9. The number of carbonyl (C=O) groups excluding carboxylic acids is 2. The van der Waals surface area contributed by atoms with Crippen molar-refractivity contribution in [2.24, 2.45) is 0 Å². The summed E-state index contributed by atoms with van der Waals surface area (Å²) >= 11 is 0. The van der Waals surface area contributed by atoms with Gasteiger partial charge in [0.25, 0.3) is 5.91 Å². The molecule has 0 bridgehead atoms. The Hall–Kier alpha value is -2.70. The molecule has 1 unspecified atom stereocenters. The van der Waals surface area contributed by atoms with Gasteiger partial charge in [-0.1, -0.05) is 6.07 Å². The van der Waals surface area contributed by atoms with Crippen LogP contribution in [0.15, 0.2) is 24.4 Å². The van der Waals surface area contributed by atoms with E-state index in [2.05, 4.69) is 15.6 Å². The zero-order chi connectivity index (χ0) is 15.2. The molecule has 1 saturated heterocycles. The first-order chi connectivity index (χ1) is 10.0. The Morgan fingerprint density at radius 2 is 2.29 bits per heavy atom. The van der Waals surface area contributed by atoms with Crippen LogP contribution in [0.25, 0.3) is 6.08 Å². The maximum atomic E-state index is 11.9. The molecule has 1 fully saturated rings. The maximum Gasteiger partial charge on any atom is 0.328 e. The van der Waals surface area contributed by atoms with Crippen LogP contribution in [0, 0.1) is 0 Å². The van der Waals surface area contributed by atoms with Crippen LogP contribution in [0.3, 0.4) is 0 Å². The normalized spacial score (nSPS) is 17.7. The summed E-state index contributed by atoms with van der Waals surface area (Å²) in [5.74, 6) is -1.37. The zero-order valence-electron chi connectivity index (χ0n) is 11.2. The molecule has 1 aromatic heterocycles. The van der Waals surface area contributed by atoms with E-state index in [1.54, 1.807) is 6.07 Å². The van der Waals surface area contributed by atoms with Crippen molar-refractivity contribution in [1.29, 1.82) is 0 Å². The number of amides is 2. The highest BCUT2D eigenvalue weighted by molar-refractivity contribution is 5.92. The molecule has 21 heavy (non-hydrogen) atoms. The van der Waals surface area contributed by atoms with E-state index in [-0.39, 0.29) is 23.6 Å². The molecule has 0 aromatic carbocycles. The first-order valence-electron chi connectivity index (χ1n) is 6.49. The van der Waals surface area contributed by atoms with E-state index in [0.29, 0.717) is 24.9 Å². The predicted octanol–water partition coefficient (Wildman–Crippen LogP) is 0.188. The molecular formula is C14H15N3O4. The fraction of sp³-hybridized carbons (Fsp3) is 0.286. The van der Waals surface area contributed by atoms with Crippen LogP contribution < -0.4 is 10.6 Å². The molecule has 0 radical (unpaired) electrons. The summed E-state index contributed by atoms with van der Waals surface area (Å²) in [4.78, 5) is 37.2. The number of hydrogen-bond acceptors (Lipinski definition) is 4. The van der Waals surface area contributed by atoms with E-state index in [1.165, 1.54) is 18.3 Å². The first-order valence-corrected chi connectivity index (χ1v) is 6.49. The topological polar surface area (TPSA) is 108 Å². The average Bonchev–Trinajstić information content (AvgIpc) is 2.89. The van der Waals surface area contributed by atoms with Crippen LogP contribution in [-0.2, 0) is 9.59 Å². The van der Waals surface area contributed by atoms with Crippen LogP contribution in [0.5, 0.6) is 0 Å². The summed E-state index contributed by atoms with van der Waals surface area (Å²) < 4.78 is 0. The summed E-state index contributed by atoms with van der Waals surface area (Å²) in [6.07, 6.45) is 5.02. The van der Waals surface area contributed by atoms with E-state index in [0.717, 1.165) is 6.08 Å². The molecule has 1 aliphatic heterocycles. The highest BCUT2D eigenvalue weighted by atomic mass is 16.4. The minimum absolute atomic E-state index is 0.00180. The van der Waals surface area contributed by atoms with Crippen LogP contribution in [0.1, 0.15) is 28.9 Å². The minimum atomic E-state index is -1.05. The lowest BCUT2D eigenvalue weighted by atomic mass is 10.2. The van der Waals surface area contributed by atoms with Gasteiger partial charge in [-0.25, -0.2) is 4.79 Å².